The molecule has 1 saturated carbocycles. The molecule has 1 aliphatic rings. The zero-order chi connectivity index (χ0) is 13.4. The molecule has 0 radical (unpaired) electrons. The molecular formula is C12H17BrClN5O. The zero-order valence-electron chi connectivity index (χ0n) is 11.3. The van der Waals surface area contributed by atoms with E-state index in [0.717, 1.165) is 16.6 Å². The van der Waals surface area contributed by atoms with Crippen molar-refractivity contribution in [1.29, 1.82) is 0 Å². The molecule has 3 rings (SSSR count). The van der Waals surface area contributed by atoms with E-state index in [1.165, 1.54) is 12.8 Å². The zero-order valence-corrected chi connectivity index (χ0v) is 13.7. The predicted octanol–water partition coefficient (Wildman–Crippen LogP) is 2.67. The molecule has 0 aromatic carbocycles. The van der Waals surface area contributed by atoms with E-state index < -0.39 is 0 Å². The maximum absolute atomic E-state index is 5.29. The van der Waals surface area contributed by atoms with E-state index >= 15 is 0 Å². The number of halogens is 2. The fraction of sp³-hybridized carbons (Fsp3) is 0.583. The summed E-state index contributed by atoms with van der Waals surface area (Å²) in [5.41, 5.74) is 1.84. The quantitative estimate of drug-likeness (QED) is 0.855. The van der Waals surface area contributed by atoms with Gasteiger partial charge < -0.3 is 9.84 Å². The molecule has 1 unspecified atom stereocenters. The van der Waals surface area contributed by atoms with E-state index in [9.17, 15) is 0 Å². The highest BCUT2D eigenvalue weighted by atomic mass is 79.9. The summed E-state index contributed by atoms with van der Waals surface area (Å²) in [6.07, 6.45) is 3.17. The smallest absolute Gasteiger partial charge is 0.279 e. The molecule has 6 nitrogen and oxygen atoms in total. The average molecular weight is 363 g/mol. The summed E-state index contributed by atoms with van der Waals surface area (Å²) in [5, 5.41) is 14.5. The van der Waals surface area contributed by atoms with E-state index in [0.29, 0.717) is 29.4 Å². The molecule has 0 spiro atoms. The second-order valence-corrected chi connectivity index (χ2v) is 5.78. The standard InChI is InChI=1S/C12H16BrN5O.ClH/c1-6(14-2)5-8-15-12(19-18-8)11-9(13)10(16-17-11)7-3-4-7;/h6-7,14H,3-5H2,1-2H3,(H,16,17);1H. The molecule has 8 heteroatoms. The second-order valence-electron chi connectivity index (χ2n) is 4.98. The molecule has 0 bridgehead atoms. The topological polar surface area (TPSA) is 79.6 Å². The van der Waals surface area contributed by atoms with E-state index in [4.69, 9.17) is 4.52 Å². The van der Waals surface area contributed by atoms with Gasteiger partial charge in [0.1, 0.15) is 0 Å². The van der Waals surface area contributed by atoms with Gasteiger partial charge in [0, 0.05) is 18.4 Å². The lowest BCUT2D eigenvalue weighted by Crippen LogP contribution is -2.24. The summed E-state index contributed by atoms with van der Waals surface area (Å²) in [6.45, 7) is 2.08. The minimum atomic E-state index is 0. The largest absolute Gasteiger partial charge is 0.332 e. The number of rotatable bonds is 5. The van der Waals surface area contributed by atoms with Gasteiger partial charge in [-0.3, -0.25) is 5.10 Å². The maximum Gasteiger partial charge on any atom is 0.279 e. The van der Waals surface area contributed by atoms with E-state index in [1.807, 2.05) is 7.05 Å². The van der Waals surface area contributed by atoms with Crippen molar-refractivity contribution in [3.8, 4) is 11.6 Å². The Bertz CT molecular complexity index is 580. The average Bonchev–Trinajstić information content (AvgIpc) is 3.03. The molecule has 2 aromatic rings. The highest BCUT2D eigenvalue weighted by Gasteiger charge is 2.30. The molecule has 2 N–H and O–H groups in total. The van der Waals surface area contributed by atoms with Gasteiger partial charge >= 0.3 is 0 Å². The summed E-state index contributed by atoms with van der Waals surface area (Å²) in [4.78, 5) is 4.39. The van der Waals surface area contributed by atoms with Gasteiger partial charge in [-0.1, -0.05) is 5.16 Å². The Morgan fingerprint density at radius 2 is 2.25 bits per heavy atom. The van der Waals surface area contributed by atoms with Crippen LogP contribution in [0.4, 0.5) is 0 Å². The first-order chi connectivity index (χ1) is 9.19. The fourth-order valence-corrected chi connectivity index (χ4v) is 2.61. The van der Waals surface area contributed by atoms with E-state index in [1.54, 1.807) is 0 Å². The summed E-state index contributed by atoms with van der Waals surface area (Å²) in [5.74, 6) is 1.76. The Hall–Kier alpha value is -0.920. The molecule has 0 saturated heterocycles. The van der Waals surface area contributed by atoms with Crippen LogP contribution in [0.15, 0.2) is 9.00 Å². The molecular weight excluding hydrogens is 346 g/mol. The van der Waals surface area contributed by atoms with Crippen molar-refractivity contribution in [3.05, 3.63) is 16.0 Å². The van der Waals surface area contributed by atoms with Crippen LogP contribution in [0.25, 0.3) is 11.6 Å². The minimum Gasteiger partial charge on any atom is -0.332 e. The van der Waals surface area contributed by atoms with Gasteiger partial charge in [0.25, 0.3) is 5.89 Å². The first-order valence-electron chi connectivity index (χ1n) is 6.43. The van der Waals surface area contributed by atoms with Crippen LogP contribution in [0.5, 0.6) is 0 Å². The molecule has 2 aromatic heterocycles. The van der Waals surface area contributed by atoms with Crippen molar-refractivity contribution in [2.45, 2.75) is 38.1 Å². The van der Waals surface area contributed by atoms with Crippen LogP contribution in [-0.4, -0.2) is 33.4 Å². The number of H-pyrrole nitrogens is 1. The molecule has 110 valence electrons. The van der Waals surface area contributed by atoms with E-state index in [-0.39, 0.29) is 12.4 Å². The second kappa shape index (κ2) is 6.24. The van der Waals surface area contributed by atoms with Gasteiger partial charge in [-0.15, -0.1) is 12.4 Å². The molecule has 2 heterocycles. The van der Waals surface area contributed by atoms with Crippen LogP contribution in [0.2, 0.25) is 0 Å². The Morgan fingerprint density at radius 3 is 2.90 bits per heavy atom. The van der Waals surface area contributed by atoms with Crippen LogP contribution in [0, 0.1) is 0 Å². The minimum absolute atomic E-state index is 0. The van der Waals surface area contributed by atoms with Crippen molar-refractivity contribution in [1.82, 2.24) is 25.7 Å². The van der Waals surface area contributed by atoms with Crippen molar-refractivity contribution in [3.63, 3.8) is 0 Å². The van der Waals surface area contributed by atoms with Gasteiger partial charge in [-0.25, -0.2) is 0 Å². The number of aromatic amines is 1. The van der Waals surface area contributed by atoms with Gasteiger partial charge in [0.05, 0.1) is 10.2 Å². The van der Waals surface area contributed by atoms with Crippen LogP contribution >= 0.6 is 28.3 Å². The fourth-order valence-electron chi connectivity index (χ4n) is 1.94. The molecule has 1 atom stereocenters. The Labute approximate surface area is 131 Å². The Kier molecular flexibility index (Phi) is 4.82. The number of likely N-dealkylation sites (N-methyl/N-ethyl adjacent to an activating group) is 1. The third-order valence-electron chi connectivity index (χ3n) is 3.37. The lowest BCUT2D eigenvalue weighted by Gasteiger charge is -2.04. The summed E-state index contributed by atoms with van der Waals surface area (Å²) >= 11 is 3.57. The lowest BCUT2D eigenvalue weighted by molar-refractivity contribution is 0.417. The van der Waals surface area contributed by atoms with Gasteiger partial charge in [0.2, 0.25) is 0 Å². The number of nitrogens with one attached hydrogen (secondary N) is 2. The maximum atomic E-state index is 5.29. The number of nitrogens with zero attached hydrogens (tertiary/aromatic N) is 3. The molecule has 0 amide bonds. The van der Waals surface area contributed by atoms with Gasteiger partial charge in [-0.2, -0.15) is 10.1 Å². The van der Waals surface area contributed by atoms with Crippen molar-refractivity contribution < 1.29 is 4.52 Å². The Balaban J connectivity index is 0.00000147. The van der Waals surface area contributed by atoms with Crippen LogP contribution in [0.1, 0.15) is 37.2 Å². The first kappa shape index (κ1) is 15.5. The third-order valence-corrected chi connectivity index (χ3v) is 4.17. The van der Waals surface area contributed by atoms with Crippen molar-refractivity contribution in [2.24, 2.45) is 0 Å². The van der Waals surface area contributed by atoms with Gasteiger partial charge in [0.15, 0.2) is 11.5 Å². The summed E-state index contributed by atoms with van der Waals surface area (Å²) < 4.78 is 6.24. The monoisotopic (exact) mass is 361 g/mol. The molecule has 0 aliphatic heterocycles. The first-order valence-corrected chi connectivity index (χ1v) is 7.22. The predicted molar refractivity (Wildman–Crippen MR) is 81.0 cm³/mol. The lowest BCUT2D eigenvalue weighted by atomic mass is 10.2. The van der Waals surface area contributed by atoms with Crippen LogP contribution in [-0.2, 0) is 6.42 Å². The highest BCUT2D eigenvalue weighted by Crippen LogP contribution is 2.44. The molecule has 1 aliphatic carbocycles. The molecule has 20 heavy (non-hydrogen) atoms. The van der Waals surface area contributed by atoms with Crippen molar-refractivity contribution in [2.75, 3.05) is 7.05 Å². The highest BCUT2D eigenvalue weighted by molar-refractivity contribution is 9.10. The normalized spacial score (nSPS) is 15.9. The SMILES string of the molecule is CNC(C)Cc1noc(-c2n[nH]c(C3CC3)c2Br)n1.Cl. The number of hydrogen-bond acceptors (Lipinski definition) is 5. The Morgan fingerprint density at radius 1 is 1.50 bits per heavy atom. The number of hydrogen-bond donors (Lipinski definition) is 2. The number of aromatic nitrogens is 4. The third kappa shape index (κ3) is 3.05. The summed E-state index contributed by atoms with van der Waals surface area (Å²) in [6, 6.07) is 0.315. The van der Waals surface area contributed by atoms with Crippen molar-refractivity contribution >= 4 is 28.3 Å². The summed E-state index contributed by atoms with van der Waals surface area (Å²) in [7, 11) is 1.91. The van der Waals surface area contributed by atoms with Crippen LogP contribution < -0.4 is 5.32 Å². The van der Waals surface area contributed by atoms with Crippen LogP contribution in [0.3, 0.4) is 0 Å². The van der Waals surface area contributed by atoms with E-state index in [2.05, 4.69) is 48.5 Å². The molecule has 1 fully saturated rings. The van der Waals surface area contributed by atoms with Gasteiger partial charge in [-0.05, 0) is 42.7 Å².